The summed E-state index contributed by atoms with van der Waals surface area (Å²) in [5.74, 6) is -0.589. The van der Waals surface area contributed by atoms with E-state index in [0.29, 0.717) is 18.7 Å². The molecule has 0 aliphatic heterocycles. The molecule has 0 unspecified atom stereocenters. The summed E-state index contributed by atoms with van der Waals surface area (Å²) in [6.45, 7) is 4.79. The lowest BCUT2D eigenvalue weighted by atomic mass is 10.2. The average molecular weight is 304 g/mol. The monoisotopic (exact) mass is 304 g/mol. The second kappa shape index (κ2) is 6.72. The number of rotatable bonds is 4. The fourth-order valence-electron chi connectivity index (χ4n) is 2.04. The molecule has 0 saturated carbocycles. The number of amides is 1. The molecule has 21 heavy (non-hydrogen) atoms. The highest BCUT2D eigenvalue weighted by Crippen LogP contribution is 2.16. The first-order chi connectivity index (χ1) is 10.0. The standard InChI is InChI=1S/C16H17FN2OS/c1-3-19(10-13-6-4-5-11(2)18-13)16(20)12-7-8-14(17)15(21)9-12/h4-9,21H,3,10H2,1-2H3. The molecule has 0 bridgehead atoms. The smallest absolute Gasteiger partial charge is 0.254 e. The Morgan fingerprint density at radius 3 is 2.71 bits per heavy atom. The van der Waals surface area contributed by atoms with Crippen molar-refractivity contribution in [1.29, 1.82) is 0 Å². The van der Waals surface area contributed by atoms with Crippen LogP contribution in [-0.4, -0.2) is 22.3 Å². The fourth-order valence-corrected chi connectivity index (χ4v) is 2.25. The van der Waals surface area contributed by atoms with Crippen LogP contribution >= 0.6 is 12.6 Å². The van der Waals surface area contributed by atoms with Gasteiger partial charge in [-0.15, -0.1) is 12.6 Å². The van der Waals surface area contributed by atoms with Crippen molar-refractivity contribution in [3.05, 3.63) is 59.2 Å². The van der Waals surface area contributed by atoms with E-state index in [1.807, 2.05) is 32.0 Å². The molecule has 3 nitrogen and oxygen atoms in total. The van der Waals surface area contributed by atoms with Crippen molar-refractivity contribution in [1.82, 2.24) is 9.88 Å². The summed E-state index contributed by atoms with van der Waals surface area (Å²) in [5, 5.41) is 0. The van der Waals surface area contributed by atoms with Crippen LogP contribution in [0.3, 0.4) is 0 Å². The van der Waals surface area contributed by atoms with Crippen LogP contribution in [0.25, 0.3) is 0 Å². The first kappa shape index (κ1) is 15.5. The van der Waals surface area contributed by atoms with Crippen LogP contribution in [-0.2, 0) is 6.54 Å². The number of thiol groups is 1. The highest BCUT2D eigenvalue weighted by atomic mass is 32.1. The minimum atomic E-state index is -0.432. The fraction of sp³-hybridized carbons (Fsp3) is 0.250. The van der Waals surface area contributed by atoms with E-state index >= 15 is 0 Å². The van der Waals surface area contributed by atoms with E-state index < -0.39 is 5.82 Å². The Morgan fingerprint density at radius 1 is 1.33 bits per heavy atom. The second-order valence-electron chi connectivity index (χ2n) is 4.76. The molecule has 0 aliphatic rings. The Kier molecular flexibility index (Phi) is 4.96. The molecule has 1 amide bonds. The second-order valence-corrected chi connectivity index (χ2v) is 5.24. The summed E-state index contributed by atoms with van der Waals surface area (Å²) < 4.78 is 13.2. The molecule has 0 saturated heterocycles. The van der Waals surface area contributed by atoms with E-state index in [1.54, 1.807) is 4.90 Å². The summed E-state index contributed by atoms with van der Waals surface area (Å²) in [5.41, 5.74) is 2.17. The number of benzene rings is 1. The summed E-state index contributed by atoms with van der Waals surface area (Å²) in [7, 11) is 0. The molecule has 0 aliphatic carbocycles. The number of hydrogen-bond donors (Lipinski definition) is 1. The van der Waals surface area contributed by atoms with Crippen molar-refractivity contribution in [2.75, 3.05) is 6.54 Å². The van der Waals surface area contributed by atoms with Crippen molar-refractivity contribution >= 4 is 18.5 Å². The summed E-state index contributed by atoms with van der Waals surface area (Å²) in [6.07, 6.45) is 0. The average Bonchev–Trinajstić information content (AvgIpc) is 2.47. The maximum Gasteiger partial charge on any atom is 0.254 e. The van der Waals surface area contributed by atoms with E-state index in [1.165, 1.54) is 18.2 Å². The predicted molar refractivity (Wildman–Crippen MR) is 83.0 cm³/mol. The van der Waals surface area contributed by atoms with Crippen molar-refractivity contribution in [3.8, 4) is 0 Å². The van der Waals surface area contributed by atoms with Gasteiger partial charge in [-0.25, -0.2) is 4.39 Å². The van der Waals surface area contributed by atoms with Gasteiger partial charge in [0.1, 0.15) is 5.82 Å². The number of aromatic nitrogens is 1. The highest BCUT2D eigenvalue weighted by molar-refractivity contribution is 7.80. The van der Waals surface area contributed by atoms with E-state index in [4.69, 9.17) is 0 Å². The third-order valence-electron chi connectivity index (χ3n) is 3.16. The quantitative estimate of drug-likeness (QED) is 0.877. The van der Waals surface area contributed by atoms with Crippen LogP contribution in [0.2, 0.25) is 0 Å². The van der Waals surface area contributed by atoms with Gasteiger partial charge in [0, 0.05) is 22.7 Å². The van der Waals surface area contributed by atoms with E-state index in [9.17, 15) is 9.18 Å². The Hall–Kier alpha value is -1.88. The first-order valence-electron chi connectivity index (χ1n) is 6.71. The zero-order valence-electron chi connectivity index (χ0n) is 12.0. The molecular weight excluding hydrogens is 287 g/mol. The molecular formula is C16H17FN2OS. The van der Waals surface area contributed by atoms with Gasteiger partial charge in [-0.3, -0.25) is 9.78 Å². The van der Waals surface area contributed by atoms with Gasteiger partial charge in [0.2, 0.25) is 0 Å². The predicted octanol–water partition coefficient (Wildman–Crippen LogP) is 3.48. The maximum atomic E-state index is 13.2. The molecule has 0 spiro atoms. The van der Waals surface area contributed by atoms with Gasteiger partial charge in [-0.05, 0) is 44.2 Å². The normalized spacial score (nSPS) is 10.5. The van der Waals surface area contributed by atoms with Gasteiger partial charge in [0.05, 0.1) is 12.2 Å². The molecule has 5 heteroatoms. The molecule has 0 N–H and O–H groups in total. The minimum absolute atomic E-state index is 0.156. The van der Waals surface area contributed by atoms with Gasteiger partial charge >= 0.3 is 0 Å². The Balaban J connectivity index is 2.20. The van der Waals surface area contributed by atoms with Crippen molar-refractivity contribution in [2.45, 2.75) is 25.3 Å². The molecule has 1 heterocycles. The molecule has 1 aromatic carbocycles. The Bertz CT molecular complexity index is 660. The first-order valence-corrected chi connectivity index (χ1v) is 7.16. The number of aryl methyl sites for hydroxylation is 1. The zero-order valence-corrected chi connectivity index (χ0v) is 12.9. The van der Waals surface area contributed by atoms with Gasteiger partial charge < -0.3 is 4.90 Å². The Morgan fingerprint density at radius 2 is 2.10 bits per heavy atom. The number of carbonyl (C=O) groups excluding carboxylic acids is 1. The molecule has 0 fully saturated rings. The lowest BCUT2D eigenvalue weighted by Crippen LogP contribution is -2.30. The summed E-state index contributed by atoms with van der Waals surface area (Å²) >= 11 is 4.01. The van der Waals surface area contributed by atoms with Gasteiger partial charge in [-0.1, -0.05) is 6.07 Å². The molecule has 1 aromatic heterocycles. The number of pyridine rings is 1. The van der Waals surface area contributed by atoms with Crippen molar-refractivity contribution < 1.29 is 9.18 Å². The van der Waals surface area contributed by atoms with Crippen LogP contribution in [0.4, 0.5) is 4.39 Å². The molecule has 2 aromatic rings. The Labute approximate surface area is 129 Å². The number of hydrogen-bond acceptors (Lipinski definition) is 3. The zero-order chi connectivity index (χ0) is 15.4. The van der Waals surface area contributed by atoms with E-state index in [-0.39, 0.29) is 10.8 Å². The van der Waals surface area contributed by atoms with E-state index in [0.717, 1.165) is 11.4 Å². The topological polar surface area (TPSA) is 33.2 Å². The third kappa shape index (κ3) is 3.82. The summed E-state index contributed by atoms with van der Waals surface area (Å²) in [6, 6.07) is 9.90. The lowest BCUT2D eigenvalue weighted by Gasteiger charge is -2.21. The van der Waals surface area contributed by atoms with Crippen molar-refractivity contribution in [2.24, 2.45) is 0 Å². The molecule has 0 atom stereocenters. The molecule has 0 radical (unpaired) electrons. The lowest BCUT2D eigenvalue weighted by molar-refractivity contribution is 0.0750. The summed E-state index contributed by atoms with van der Waals surface area (Å²) in [4.78, 5) is 18.7. The van der Waals surface area contributed by atoms with Gasteiger partial charge in [0.25, 0.3) is 5.91 Å². The number of carbonyl (C=O) groups is 1. The van der Waals surface area contributed by atoms with Gasteiger partial charge in [-0.2, -0.15) is 0 Å². The van der Waals surface area contributed by atoms with E-state index in [2.05, 4.69) is 17.6 Å². The van der Waals surface area contributed by atoms with Crippen LogP contribution in [0.5, 0.6) is 0 Å². The van der Waals surface area contributed by atoms with Crippen LogP contribution < -0.4 is 0 Å². The maximum absolute atomic E-state index is 13.2. The number of nitrogens with zero attached hydrogens (tertiary/aromatic N) is 2. The van der Waals surface area contributed by atoms with Gasteiger partial charge in [0.15, 0.2) is 0 Å². The SMILES string of the molecule is CCN(Cc1cccc(C)n1)C(=O)c1ccc(F)c(S)c1. The largest absolute Gasteiger partial charge is 0.333 e. The number of halogens is 1. The highest BCUT2D eigenvalue weighted by Gasteiger charge is 2.16. The van der Waals surface area contributed by atoms with Crippen LogP contribution in [0.1, 0.15) is 28.7 Å². The van der Waals surface area contributed by atoms with Crippen LogP contribution in [0.15, 0.2) is 41.3 Å². The molecule has 2 rings (SSSR count). The third-order valence-corrected chi connectivity index (χ3v) is 3.50. The minimum Gasteiger partial charge on any atom is -0.333 e. The van der Waals surface area contributed by atoms with Crippen LogP contribution in [0, 0.1) is 12.7 Å². The van der Waals surface area contributed by atoms with Crippen molar-refractivity contribution in [3.63, 3.8) is 0 Å². The molecule has 110 valence electrons.